The number of carbonyl (C=O) groups is 1. The van der Waals surface area contributed by atoms with E-state index in [1.54, 1.807) is 0 Å². The van der Waals surface area contributed by atoms with Crippen molar-refractivity contribution in [3.8, 4) is 5.75 Å². The van der Waals surface area contributed by atoms with Gasteiger partial charge in [-0.15, -0.1) is 0 Å². The maximum absolute atomic E-state index is 12.6. The number of hydrogen-bond acceptors (Lipinski definition) is 3. The highest BCUT2D eigenvalue weighted by Gasteiger charge is 2.21. The first kappa shape index (κ1) is 21.0. The fourth-order valence-corrected chi connectivity index (χ4v) is 3.81. The maximum Gasteiger partial charge on any atom is 0.323 e. The number of anilines is 3. The van der Waals surface area contributed by atoms with E-state index in [0.717, 1.165) is 60.9 Å². The fraction of sp³-hybridized carbons (Fsp3) is 0.458. The van der Waals surface area contributed by atoms with Crippen LogP contribution in [0.2, 0.25) is 0 Å². The molecule has 5 heteroatoms. The number of amides is 2. The quantitative estimate of drug-likeness (QED) is 0.514. The Morgan fingerprint density at radius 3 is 2.66 bits per heavy atom. The first-order chi connectivity index (χ1) is 14.1. The van der Waals surface area contributed by atoms with Gasteiger partial charge in [0.05, 0.1) is 18.0 Å². The van der Waals surface area contributed by atoms with E-state index in [2.05, 4.69) is 35.4 Å². The number of nitrogens with one attached hydrogen (secondary N) is 2. The van der Waals surface area contributed by atoms with E-state index in [4.69, 9.17) is 4.74 Å². The van der Waals surface area contributed by atoms with Crippen LogP contribution in [0.1, 0.15) is 50.7 Å². The van der Waals surface area contributed by atoms with Gasteiger partial charge in [-0.2, -0.15) is 0 Å². The van der Waals surface area contributed by atoms with Gasteiger partial charge >= 0.3 is 6.03 Å². The molecule has 5 nitrogen and oxygen atoms in total. The van der Waals surface area contributed by atoms with Crippen molar-refractivity contribution in [3.05, 3.63) is 47.5 Å². The fourth-order valence-electron chi connectivity index (χ4n) is 3.81. The van der Waals surface area contributed by atoms with Gasteiger partial charge in [0.25, 0.3) is 0 Å². The summed E-state index contributed by atoms with van der Waals surface area (Å²) in [6, 6.07) is 11.7. The molecule has 2 aromatic carbocycles. The summed E-state index contributed by atoms with van der Waals surface area (Å²) in [5.74, 6) is 0.851. The van der Waals surface area contributed by atoms with Crippen molar-refractivity contribution in [3.63, 3.8) is 0 Å². The van der Waals surface area contributed by atoms with Crippen LogP contribution in [0.5, 0.6) is 5.75 Å². The summed E-state index contributed by atoms with van der Waals surface area (Å²) in [7, 11) is 0. The van der Waals surface area contributed by atoms with E-state index in [0.29, 0.717) is 0 Å². The molecular formula is C24H33N3O2. The lowest BCUT2D eigenvalue weighted by atomic mass is 10.1. The van der Waals surface area contributed by atoms with Gasteiger partial charge in [-0.1, -0.05) is 38.3 Å². The summed E-state index contributed by atoms with van der Waals surface area (Å²) in [5.41, 5.74) is 5.08. The summed E-state index contributed by atoms with van der Waals surface area (Å²) in [6.45, 7) is 9.01. The highest BCUT2D eigenvalue weighted by Crippen LogP contribution is 2.35. The number of hydrogen-bond donors (Lipinski definition) is 2. The number of urea groups is 1. The number of ether oxygens (including phenoxy) is 1. The van der Waals surface area contributed by atoms with Crippen molar-refractivity contribution in [1.82, 2.24) is 0 Å². The second kappa shape index (κ2) is 10.2. The Bertz CT molecular complexity index is 835. The van der Waals surface area contributed by atoms with Gasteiger partial charge in [0.2, 0.25) is 0 Å². The number of fused-ring (bicyclic) bond motifs is 1. The Hall–Kier alpha value is -2.69. The molecule has 156 valence electrons. The first-order valence-electron chi connectivity index (χ1n) is 10.8. The van der Waals surface area contributed by atoms with Gasteiger partial charge in [-0.05, 0) is 62.1 Å². The van der Waals surface area contributed by atoms with Crippen LogP contribution in [0.15, 0.2) is 36.4 Å². The van der Waals surface area contributed by atoms with Crippen LogP contribution in [-0.2, 0) is 6.42 Å². The number of aryl methyl sites for hydroxylation is 1. The van der Waals surface area contributed by atoms with Gasteiger partial charge in [0, 0.05) is 18.8 Å². The molecule has 0 aliphatic carbocycles. The largest absolute Gasteiger partial charge is 0.494 e. The van der Waals surface area contributed by atoms with E-state index in [-0.39, 0.29) is 6.03 Å². The Labute approximate surface area is 174 Å². The third kappa shape index (κ3) is 5.43. The van der Waals surface area contributed by atoms with E-state index >= 15 is 0 Å². The van der Waals surface area contributed by atoms with Gasteiger partial charge < -0.3 is 20.3 Å². The topological polar surface area (TPSA) is 53.6 Å². The Morgan fingerprint density at radius 2 is 1.90 bits per heavy atom. The van der Waals surface area contributed by atoms with Gasteiger partial charge in [-0.25, -0.2) is 4.79 Å². The molecular weight excluding hydrogens is 362 g/mol. The predicted molar refractivity (Wildman–Crippen MR) is 121 cm³/mol. The van der Waals surface area contributed by atoms with Crippen LogP contribution in [0.3, 0.4) is 0 Å². The van der Waals surface area contributed by atoms with Gasteiger partial charge in [0.1, 0.15) is 5.75 Å². The zero-order valence-electron chi connectivity index (χ0n) is 17.9. The molecule has 1 aliphatic rings. The van der Waals surface area contributed by atoms with Crippen molar-refractivity contribution < 1.29 is 9.53 Å². The molecule has 0 saturated carbocycles. The lowest BCUT2D eigenvalue weighted by Gasteiger charge is -2.21. The molecule has 2 N–H and O–H groups in total. The number of likely N-dealkylation sites (N-methyl/N-ethyl adjacent to an activating group) is 1. The molecule has 0 atom stereocenters. The highest BCUT2D eigenvalue weighted by molar-refractivity contribution is 6.02. The number of rotatable bonds is 9. The Balaban J connectivity index is 1.58. The molecule has 0 spiro atoms. The van der Waals surface area contributed by atoms with E-state index < -0.39 is 0 Å². The molecule has 1 heterocycles. The highest BCUT2D eigenvalue weighted by atomic mass is 16.5. The summed E-state index contributed by atoms with van der Waals surface area (Å²) in [5, 5.41) is 6.00. The standard InChI is InChI=1S/C24H33N3O2/c1-4-6-7-8-16-29-20-12-13-21(18(3)17-20)25-24(28)26-22-11-9-10-19-14-15-27(5-2)23(19)22/h9-13,17H,4-8,14-16H2,1-3H3,(H2,25,26,28). The molecule has 3 rings (SSSR count). The zero-order valence-corrected chi connectivity index (χ0v) is 17.9. The molecule has 0 unspecified atom stereocenters. The lowest BCUT2D eigenvalue weighted by molar-refractivity contribution is 0.262. The SMILES string of the molecule is CCCCCCOc1ccc(NC(=O)Nc2cccc3c2N(CC)CC3)c(C)c1. The molecule has 0 radical (unpaired) electrons. The van der Waals surface area contributed by atoms with Crippen LogP contribution in [0.4, 0.5) is 21.9 Å². The second-order valence-corrected chi connectivity index (χ2v) is 7.61. The molecule has 0 fully saturated rings. The van der Waals surface area contributed by atoms with Crippen molar-refractivity contribution in [2.24, 2.45) is 0 Å². The predicted octanol–water partition coefficient (Wildman–Crippen LogP) is 5.98. The molecule has 0 bridgehead atoms. The van der Waals surface area contributed by atoms with Crippen molar-refractivity contribution in [2.75, 3.05) is 35.2 Å². The Morgan fingerprint density at radius 1 is 1.07 bits per heavy atom. The molecule has 1 aliphatic heterocycles. The van der Waals surface area contributed by atoms with Gasteiger partial charge in [0.15, 0.2) is 0 Å². The van der Waals surface area contributed by atoms with Crippen LogP contribution in [0.25, 0.3) is 0 Å². The molecule has 0 saturated heterocycles. The monoisotopic (exact) mass is 395 g/mol. The summed E-state index contributed by atoms with van der Waals surface area (Å²) >= 11 is 0. The van der Waals surface area contributed by atoms with Crippen LogP contribution in [-0.4, -0.2) is 25.7 Å². The zero-order chi connectivity index (χ0) is 20.6. The Kier molecular flexibility index (Phi) is 7.39. The van der Waals surface area contributed by atoms with Crippen molar-refractivity contribution in [2.45, 2.75) is 52.9 Å². The van der Waals surface area contributed by atoms with E-state index in [1.165, 1.54) is 24.8 Å². The number of para-hydroxylation sites is 1. The normalized spacial score (nSPS) is 12.6. The number of carbonyl (C=O) groups excluding carboxylic acids is 1. The van der Waals surface area contributed by atoms with E-state index in [1.807, 2.05) is 37.3 Å². The van der Waals surface area contributed by atoms with Crippen LogP contribution >= 0.6 is 0 Å². The average molecular weight is 396 g/mol. The minimum Gasteiger partial charge on any atom is -0.494 e. The number of nitrogens with zero attached hydrogens (tertiary/aromatic N) is 1. The molecule has 0 aromatic heterocycles. The summed E-state index contributed by atoms with van der Waals surface area (Å²) in [6.07, 6.45) is 5.78. The van der Waals surface area contributed by atoms with Gasteiger partial charge in [-0.3, -0.25) is 0 Å². The second-order valence-electron chi connectivity index (χ2n) is 7.61. The molecule has 2 aromatic rings. The summed E-state index contributed by atoms with van der Waals surface area (Å²) in [4.78, 5) is 14.9. The number of benzene rings is 2. The minimum absolute atomic E-state index is 0.224. The van der Waals surface area contributed by atoms with E-state index in [9.17, 15) is 4.79 Å². The van der Waals surface area contributed by atoms with Crippen LogP contribution < -0.4 is 20.3 Å². The third-order valence-electron chi connectivity index (χ3n) is 5.43. The average Bonchev–Trinajstić information content (AvgIpc) is 3.14. The smallest absolute Gasteiger partial charge is 0.323 e. The van der Waals surface area contributed by atoms with Crippen molar-refractivity contribution in [1.29, 1.82) is 0 Å². The van der Waals surface area contributed by atoms with Crippen molar-refractivity contribution >= 4 is 23.1 Å². The number of unbranched alkanes of at least 4 members (excludes halogenated alkanes) is 3. The molecule has 2 amide bonds. The van der Waals surface area contributed by atoms with Crippen LogP contribution in [0, 0.1) is 6.92 Å². The summed E-state index contributed by atoms with van der Waals surface area (Å²) < 4.78 is 5.83. The lowest BCUT2D eigenvalue weighted by Crippen LogP contribution is -2.24. The first-order valence-corrected chi connectivity index (χ1v) is 10.8. The minimum atomic E-state index is -0.224. The third-order valence-corrected chi connectivity index (χ3v) is 5.43. The molecule has 29 heavy (non-hydrogen) atoms. The maximum atomic E-state index is 12.6.